The van der Waals surface area contributed by atoms with Gasteiger partial charge in [-0.05, 0) is 24.3 Å². The molecule has 0 fully saturated rings. The molecule has 2 aliphatic heterocycles. The lowest BCUT2D eigenvalue weighted by Gasteiger charge is -2.24. The van der Waals surface area contributed by atoms with Crippen molar-refractivity contribution in [2.45, 2.75) is 9.79 Å². The molecule has 2 heterocycles. The Labute approximate surface area is 130 Å². The van der Waals surface area contributed by atoms with Crippen molar-refractivity contribution in [3.8, 4) is 0 Å². The summed E-state index contributed by atoms with van der Waals surface area (Å²) in [5.41, 5.74) is 4.17. The average molecular weight is 332 g/mol. The number of hydrogen-bond donors (Lipinski definition) is 2. The van der Waals surface area contributed by atoms with E-state index >= 15 is 0 Å². The van der Waals surface area contributed by atoms with Gasteiger partial charge in [0, 0.05) is 21.0 Å². The fourth-order valence-corrected chi connectivity index (χ4v) is 5.48. The van der Waals surface area contributed by atoms with E-state index in [0.717, 1.165) is 0 Å². The molecule has 2 N–H and O–H groups in total. The molecule has 4 rings (SSSR count). The number of hydrogen-bond acceptors (Lipinski definition) is 6. The first-order valence-electron chi connectivity index (χ1n) is 6.43. The van der Waals surface area contributed by atoms with Crippen molar-refractivity contribution in [1.82, 2.24) is 0 Å². The maximum atomic E-state index is 10.7. The largest absolute Gasteiger partial charge is 0.322 e. The molecule has 2 aromatic rings. The van der Waals surface area contributed by atoms with Gasteiger partial charge >= 0.3 is 0 Å². The van der Waals surface area contributed by atoms with Gasteiger partial charge in [0.25, 0.3) is 0 Å². The lowest BCUT2D eigenvalue weighted by atomic mass is 10.3. The highest BCUT2D eigenvalue weighted by Gasteiger charge is 2.33. The minimum absolute atomic E-state index is 0.630. The highest BCUT2D eigenvalue weighted by Crippen LogP contribution is 2.64. The molecule has 2 atom stereocenters. The molecule has 0 radical (unpaired) electrons. The molecule has 112 valence electrons. The Morgan fingerprint density at radius 1 is 0.682 bits per heavy atom. The Balaban J connectivity index is 1.72. The topological polar surface area (TPSA) is 89.9 Å². The van der Waals surface area contributed by atoms with Crippen molar-refractivity contribution in [3.63, 3.8) is 0 Å². The van der Waals surface area contributed by atoms with E-state index in [-0.39, 0.29) is 0 Å². The normalized spacial score (nSPS) is 34.1. The molecule has 0 aliphatic carbocycles. The Morgan fingerprint density at radius 3 is 1.55 bits per heavy atom. The lowest BCUT2D eigenvalue weighted by Crippen LogP contribution is -1.96. The maximum Gasteiger partial charge on any atom is 0.0919 e. The molecular formula is C14H12N4O2S2. The van der Waals surface area contributed by atoms with Crippen molar-refractivity contribution in [2.75, 3.05) is 0 Å². The highest BCUT2D eigenvalue weighted by atomic mass is 32.3. The molecule has 2 unspecified atom stereocenters. The fourth-order valence-electron chi connectivity index (χ4n) is 2.24. The van der Waals surface area contributed by atoms with Gasteiger partial charge in [-0.2, -0.15) is 0 Å². The van der Waals surface area contributed by atoms with E-state index in [1.807, 2.05) is 24.3 Å². The van der Waals surface area contributed by atoms with Crippen molar-refractivity contribution in [1.29, 1.82) is 0 Å². The van der Waals surface area contributed by atoms with E-state index in [1.165, 1.54) is 11.1 Å². The highest BCUT2D eigenvalue weighted by molar-refractivity contribution is 8.41. The van der Waals surface area contributed by atoms with Crippen LogP contribution in [0, 0.1) is 0 Å². The summed E-state index contributed by atoms with van der Waals surface area (Å²) < 4.78 is 29.5. The number of benzene rings is 2. The average Bonchev–Trinajstić information content (AvgIpc) is 3.07. The molecule has 0 spiro atoms. The summed E-state index contributed by atoms with van der Waals surface area (Å²) in [6.07, 6.45) is 0. The van der Waals surface area contributed by atoms with E-state index in [4.69, 9.17) is 0 Å². The second-order valence-electron chi connectivity index (χ2n) is 4.75. The predicted octanol–water partition coefficient (Wildman–Crippen LogP) is 5.29. The number of nitrogens with zero attached hydrogens (tertiary/aromatic N) is 4. The Kier molecular flexibility index (Phi) is 2.95. The van der Waals surface area contributed by atoms with Crippen LogP contribution in [0.2, 0.25) is 0 Å². The molecular weight excluding hydrogens is 320 g/mol. The molecule has 6 nitrogen and oxygen atoms in total. The molecule has 0 saturated carbocycles. The zero-order chi connectivity index (χ0) is 15.2. The zero-order valence-electron chi connectivity index (χ0n) is 11.3. The number of rotatable bonds is 2. The third-order valence-corrected chi connectivity index (χ3v) is 6.89. The molecule has 2 aliphatic rings. The van der Waals surface area contributed by atoms with Crippen molar-refractivity contribution < 1.29 is 9.11 Å². The Morgan fingerprint density at radius 2 is 1.09 bits per heavy atom. The first-order chi connectivity index (χ1) is 10.6. The summed E-state index contributed by atoms with van der Waals surface area (Å²) in [6.45, 7) is 0. The monoisotopic (exact) mass is 332 g/mol. The first-order valence-corrected chi connectivity index (χ1v) is 9.65. The van der Waals surface area contributed by atoms with E-state index in [1.54, 1.807) is 24.3 Å². The SMILES string of the molecule is OS1(/N=N/S2(O)C=Nc3ccccc32)C=Nc2ccccc21. The summed E-state index contributed by atoms with van der Waals surface area (Å²) >= 11 is 0. The van der Waals surface area contributed by atoms with Gasteiger partial charge in [0.1, 0.15) is 0 Å². The smallest absolute Gasteiger partial charge is 0.0919 e. The van der Waals surface area contributed by atoms with Crippen LogP contribution in [0.3, 0.4) is 0 Å². The summed E-state index contributed by atoms with van der Waals surface area (Å²) in [5.74, 6) is 0. The van der Waals surface area contributed by atoms with Crippen molar-refractivity contribution in [2.24, 2.45) is 19.0 Å². The van der Waals surface area contributed by atoms with Crippen LogP contribution in [-0.2, 0) is 0 Å². The van der Waals surface area contributed by atoms with Gasteiger partial charge < -0.3 is 9.11 Å². The van der Waals surface area contributed by atoms with E-state index in [0.29, 0.717) is 21.2 Å². The van der Waals surface area contributed by atoms with Crippen molar-refractivity contribution in [3.05, 3.63) is 48.5 Å². The van der Waals surface area contributed by atoms with Crippen molar-refractivity contribution >= 4 is 43.5 Å². The minimum atomic E-state index is -2.63. The van der Waals surface area contributed by atoms with Gasteiger partial charge in [0.15, 0.2) is 0 Å². The second kappa shape index (κ2) is 4.75. The second-order valence-corrected chi connectivity index (χ2v) is 8.75. The van der Waals surface area contributed by atoms with E-state index in [2.05, 4.69) is 19.0 Å². The number of aliphatic imine (C=N–C) groups is 2. The summed E-state index contributed by atoms with van der Waals surface area (Å²) in [4.78, 5) is 9.59. The van der Waals surface area contributed by atoms with Crippen LogP contribution in [0.4, 0.5) is 11.4 Å². The van der Waals surface area contributed by atoms with Gasteiger partial charge in [-0.15, -0.1) is 0 Å². The third-order valence-electron chi connectivity index (χ3n) is 3.34. The van der Waals surface area contributed by atoms with Crippen LogP contribution < -0.4 is 0 Å². The lowest BCUT2D eigenvalue weighted by molar-refractivity contribution is 0.630. The summed E-state index contributed by atoms with van der Waals surface area (Å²) in [6, 6.07) is 14.5. The summed E-state index contributed by atoms with van der Waals surface area (Å²) in [5, 5.41) is 0. The van der Waals surface area contributed by atoms with Crippen LogP contribution in [0.1, 0.15) is 0 Å². The van der Waals surface area contributed by atoms with E-state index in [9.17, 15) is 9.11 Å². The van der Waals surface area contributed by atoms with Crippen LogP contribution in [0.15, 0.2) is 77.3 Å². The zero-order valence-corrected chi connectivity index (χ0v) is 12.9. The predicted molar refractivity (Wildman–Crippen MR) is 91.0 cm³/mol. The van der Waals surface area contributed by atoms with Crippen LogP contribution in [-0.4, -0.2) is 20.2 Å². The molecule has 0 amide bonds. The Hall–Kier alpha value is -2.00. The van der Waals surface area contributed by atoms with E-state index < -0.39 is 21.0 Å². The number of fused-ring (bicyclic) bond motifs is 2. The minimum Gasteiger partial charge on any atom is -0.322 e. The van der Waals surface area contributed by atoms with Crippen LogP contribution in [0.5, 0.6) is 0 Å². The van der Waals surface area contributed by atoms with Gasteiger partial charge in [0.05, 0.1) is 32.3 Å². The van der Waals surface area contributed by atoms with Crippen LogP contribution in [0.25, 0.3) is 0 Å². The van der Waals surface area contributed by atoms with Gasteiger partial charge in [-0.25, -0.2) is 9.98 Å². The van der Waals surface area contributed by atoms with Gasteiger partial charge in [-0.1, -0.05) is 33.3 Å². The molecule has 0 aromatic heterocycles. The molecule has 0 saturated heterocycles. The summed E-state index contributed by atoms with van der Waals surface area (Å²) in [7, 11) is -5.25. The molecule has 8 heteroatoms. The van der Waals surface area contributed by atoms with Crippen LogP contribution >= 0.6 is 21.0 Å². The molecule has 2 aromatic carbocycles. The Bertz CT molecular complexity index is 785. The number of para-hydroxylation sites is 2. The van der Waals surface area contributed by atoms with Gasteiger partial charge in [-0.3, -0.25) is 0 Å². The standard InChI is InChI=1S/C14H12N4O2S2/c19-21(9-15-11-5-1-3-7-13(11)21)17-18-22(20)10-16-12-6-2-4-8-14(12)22/h1-10,19-20H/b18-17+. The maximum absolute atomic E-state index is 10.7. The van der Waals surface area contributed by atoms with Gasteiger partial charge in [0.2, 0.25) is 0 Å². The molecule has 22 heavy (non-hydrogen) atoms. The first kappa shape index (κ1) is 13.6. The molecule has 0 bridgehead atoms. The fraction of sp³-hybridized carbons (Fsp3) is 0. The quantitative estimate of drug-likeness (QED) is 0.732. The third kappa shape index (κ3) is 2.00.